The Morgan fingerprint density at radius 1 is 0.459 bits per heavy atom. The Morgan fingerprint density at radius 3 is 1.16 bits per heavy atom. The van der Waals surface area contributed by atoms with Crippen LogP contribution in [0.15, 0.2) is 97.5 Å². The van der Waals surface area contributed by atoms with Gasteiger partial charge in [-0.1, -0.05) is 48.5 Å². The molecule has 0 spiro atoms. The van der Waals surface area contributed by atoms with Crippen LogP contribution in [0.5, 0.6) is 23.0 Å². The van der Waals surface area contributed by atoms with Crippen LogP contribution in [-0.2, 0) is 4.74 Å². The van der Waals surface area contributed by atoms with Gasteiger partial charge < -0.3 is 23.7 Å². The highest BCUT2D eigenvalue weighted by molar-refractivity contribution is 5.78. The average molecular weight is 495 g/mol. The third kappa shape index (κ3) is 6.33. The summed E-state index contributed by atoms with van der Waals surface area (Å²) in [6.45, 7) is 0. The van der Waals surface area contributed by atoms with Crippen molar-refractivity contribution < 1.29 is 23.7 Å². The predicted molar refractivity (Wildman–Crippen MR) is 149 cm³/mol. The quantitative estimate of drug-likeness (QED) is 0.211. The molecular formula is C32H30O5. The molecule has 4 aromatic carbocycles. The molecule has 0 aromatic heterocycles. The Hall–Kier alpha value is -4.64. The van der Waals surface area contributed by atoms with E-state index >= 15 is 0 Å². The lowest BCUT2D eigenvalue weighted by atomic mass is 9.99. The monoisotopic (exact) mass is 494 g/mol. The lowest BCUT2D eigenvalue weighted by Gasteiger charge is -2.11. The van der Waals surface area contributed by atoms with Gasteiger partial charge in [0, 0.05) is 12.1 Å². The van der Waals surface area contributed by atoms with E-state index in [2.05, 4.69) is 12.1 Å². The lowest BCUT2D eigenvalue weighted by Crippen LogP contribution is -1.90. The molecule has 0 radical (unpaired) electrons. The van der Waals surface area contributed by atoms with Gasteiger partial charge in [-0.25, -0.2) is 0 Å². The van der Waals surface area contributed by atoms with Crippen LogP contribution < -0.4 is 18.9 Å². The van der Waals surface area contributed by atoms with Crippen molar-refractivity contribution in [2.45, 2.75) is 0 Å². The van der Waals surface area contributed by atoms with E-state index in [0.29, 0.717) is 0 Å². The molecule has 0 N–H and O–H groups in total. The Kier molecular flexibility index (Phi) is 8.50. The maximum absolute atomic E-state index is 5.74. The second-order valence-corrected chi connectivity index (χ2v) is 8.12. The van der Waals surface area contributed by atoms with Gasteiger partial charge in [0.05, 0.1) is 41.0 Å². The van der Waals surface area contributed by atoms with Crippen LogP contribution >= 0.6 is 0 Å². The Morgan fingerprint density at radius 2 is 0.811 bits per heavy atom. The van der Waals surface area contributed by atoms with Crippen LogP contribution in [0.2, 0.25) is 0 Å². The molecule has 0 saturated heterocycles. The summed E-state index contributed by atoms with van der Waals surface area (Å²) in [5.74, 6) is 2.94. The van der Waals surface area contributed by atoms with Crippen LogP contribution in [0.3, 0.4) is 0 Å². The summed E-state index contributed by atoms with van der Waals surface area (Å²) in [5, 5.41) is 0. The van der Waals surface area contributed by atoms with E-state index in [9.17, 15) is 0 Å². The third-order valence-corrected chi connectivity index (χ3v) is 5.90. The topological polar surface area (TPSA) is 46.2 Å². The summed E-state index contributed by atoms with van der Waals surface area (Å²) in [6.07, 6.45) is 7.21. The van der Waals surface area contributed by atoms with Crippen LogP contribution in [0, 0.1) is 0 Å². The van der Waals surface area contributed by atoms with Crippen molar-refractivity contribution in [3.05, 3.63) is 109 Å². The molecule has 0 aliphatic carbocycles. The average Bonchev–Trinajstić information content (AvgIpc) is 2.96. The van der Waals surface area contributed by atoms with Gasteiger partial charge in [0.25, 0.3) is 0 Å². The zero-order chi connectivity index (χ0) is 26.0. The van der Waals surface area contributed by atoms with Crippen molar-refractivity contribution in [1.82, 2.24) is 0 Å². The first-order valence-corrected chi connectivity index (χ1v) is 11.8. The van der Waals surface area contributed by atoms with Crippen molar-refractivity contribution in [2.75, 3.05) is 28.4 Å². The van der Waals surface area contributed by atoms with Gasteiger partial charge in [0.2, 0.25) is 0 Å². The van der Waals surface area contributed by atoms with E-state index in [0.717, 1.165) is 56.4 Å². The highest BCUT2D eigenvalue weighted by Crippen LogP contribution is 2.33. The fourth-order valence-corrected chi connectivity index (χ4v) is 4.01. The van der Waals surface area contributed by atoms with Crippen molar-refractivity contribution in [2.24, 2.45) is 0 Å². The fourth-order valence-electron chi connectivity index (χ4n) is 4.01. The van der Waals surface area contributed by atoms with Gasteiger partial charge in [0.1, 0.15) is 23.0 Å². The van der Waals surface area contributed by atoms with Crippen molar-refractivity contribution in [1.29, 1.82) is 0 Å². The zero-order valence-corrected chi connectivity index (χ0v) is 21.4. The minimum absolute atomic E-state index is 0.736. The summed E-state index contributed by atoms with van der Waals surface area (Å²) in [5.41, 5.74) is 6.09. The highest BCUT2D eigenvalue weighted by Gasteiger charge is 2.08. The molecule has 5 heteroatoms. The third-order valence-electron chi connectivity index (χ3n) is 5.90. The van der Waals surface area contributed by atoms with Gasteiger partial charge >= 0.3 is 0 Å². The van der Waals surface area contributed by atoms with Crippen molar-refractivity contribution in [3.8, 4) is 45.3 Å². The molecule has 0 bridgehead atoms. The number of hydrogen-bond acceptors (Lipinski definition) is 5. The maximum atomic E-state index is 5.74. The first-order chi connectivity index (χ1) is 18.1. The molecule has 0 saturated carbocycles. The van der Waals surface area contributed by atoms with Gasteiger partial charge in [-0.2, -0.15) is 0 Å². The fraction of sp³-hybridized carbons (Fsp3) is 0.125. The van der Waals surface area contributed by atoms with E-state index in [1.165, 1.54) is 0 Å². The van der Waals surface area contributed by atoms with Crippen LogP contribution in [0.1, 0.15) is 11.1 Å². The van der Waals surface area contributed by atoms with Crippen LogP contribution in [-0.4, -0.2) is 28.4 Å². The summed E-state index contributed by atoms with van der Waals surface area (Å²) >= 11 is 0. The summed E-state index contributed by atoms with van der Waals surface area (Å²) < 4.78 is 27.5. The lowest BCUT2D eigenvalue weighted by molar-refractivity contribution is 0.394. The largest absolute Gasteiger partial charge is 0.497 e. The van der Waals surface area contributed by atoms with Gasteiger partial charge in [0.15, 0.2) is 0 Å². The molecular weight excluding hydrogens is 464 g/mol. The number of methoxy groups -OCH3 is 4. The highest BCUT2D eigenvalue weighted by atomic mass is 16.5. The van der Waals surface area contributed by atoms with Crippen molar-refractivity contribution >= 4 is 12.2 Å². The Labute approximate surface area is 218 Å². The molecule has 0 aliphatic rings. The molecule has 0 heterocycles. The van der Waals surface area contributed by atoms with Crippen LogP contribution in [0.25, 0.3) is 34.4 Å². The van der Waals surface area contributed by atoms with Crippen LogP contribution in [0.4, 0.5) is 0 Å². The second-order valence-electron chi connectivity index (χ2n) is 8.12. The standard InChI is InChI=1S/C32H30O5/c1-33-27-17-25(18-28(21-27)34-2)31-11-7-5-9-23(31)13-15-37-16-14-24-10-6-8-12-32(24)26-19-29(35-3)22-30(20-26)36-4/h5-22H,1-4H3/b15-13+,16-14+. The zero-order valence-electron chi connectivity index (χ0n) is 21.4. The van der Waals surface area contributed by atoms with Gasteiger partial charge in [-0.05, 0) is 69.8 Å². The van der Waals surface area contributed by atoms with E-state index < -0.39 is 0 Å². The Bertz CT molecular complexity index is 1250. The molecule has 188 valence electrons. The van der Waals surface area contributed by atoms with Gasteiger partial charge in [-0.15, -0.1) is 0 Å². The van der Waals surface area contributed by atoms with E-state index in [1.807, 2.05) is 84.9 Å². The molecule has 5 nitrogen and oxygen atoms in total. The van der Waals surface area contributed by atoms with E-state index in [-0.39, 0.29) is 0 Å². The number of rotatable bonds is 10. The molecule has 0 atom stereocenters. The molecule has 0 amide bonds. The predicted octanol–water partition coefficient (Wildman–Crippen LogP) is 7.71. The summed E-state index contributed by atoms with van der Waals surface area (Å²) in [4.78, 5) is 0. The first-order valence-electron chi connectivity index (χ1n) is 11.8. The van der Waals surface area contributed by atoms with Crippen molar-refractivity contribution in [3.63, 3.8) is 0 Å². The molecule has 37 heavy (non-hydrogen) atoms. The maximum Gasteiger partial charge on any atom is 0.123 e. The summed E-state index contributed by atoms with van der Waals surface area (Å²) in [7, 11) is 6.59. The molecule has 4 aromatic rings. The van der Waals surface area contributed by atoms with Gasteiger partial charge in [-0.3, -0.25) is 0 Å². The molecule has 4 rings (SSSR count). The van der Waals surface area contributed by atoms with E-state index in [1.54, 1.807) is 41.0 Å². The normalized spacial score (nSPS) is 11.0. The number of hydrogen-bond donors (Lipinski definition) is 0. The molecule has 0 fully saturated rings. The summed E-state index contributed by atoms with van der Waals surface area (Å²) in [6, 6.07) is 27.8. The second kappa shape index (κ2) is 12.4. The first kappa shape index (κ1) is 25.5. The molecule has 0 unspecified atom stereocenters. The minimum atomic E-state index is 0.736. The smallest absolute Gasteiger partial charge is 0.123 e. The number of benzene rings is 4. The SMILES string of the molecule is COc1cc(OC)cc(-c2ccccc2/C=C/O/C=C/c2ccccc2-c2cc(OC)cc(OC)c2)c1. The Balaban J connectivity index is 1.54. The van der Waals surface area contributed by atoms with E-state index in [4.69, 9.17) is 23.7 Å². The number of ether oxygens (including phenoxy) is 5. The minimum Gasteiger partial charge on any atom is -0.497 e. The molecule has 0 aliphatic heterocycles.